The highest BCUT2D eigenvalue weighted by Gasteiger charge is 2.15. The molecule has 0 fully saturated rings. The van der Waals surface area contributed by atoms with E-state index in [-0.39, 0.29) is 5.78 Å². The van der Waals surface area contributed by atoms with Gasteiger partial charge in [-0.3, -0.25) is 9.69 Å². The Morgan fingerprint density at radius 3 is 2.79 bits per heavy atom. The van der Waals surface area contributed by atoms with Crippen molar-refractivity contribution < 1.29 is 9.53 Å². The van der Waals surface area contributed by atoms with E-state index in [4.69, 9.17) is 4.74 Å². The number of rotatable bonds is 6. The van der Waals surface area contributed by atoms with Crippen molar-refractivity contribution in [3.63, 3.8) is 0 Å². The Kier molecular flexibility index (Phi) is 4.56. The molecule has 0 aliphatic carbocycles. The molecule has 0 spiro atoms. The predicted octanol–water partition coefficient (Wildman–Crippen LogP) is 1.30. The van der Waals surface area contributed by atoms with Crippen LogP contribution in [0.3, 0.4) is 0 Å². The number of carbonyl (C=O) groups is 1. The first kappa shape index (κ1) is 14.0. The summed E-state index contributed by atoms with van der Waals surface area (Å²) < 4.78 is 5.45. The van der Waals surface area contributed by atoms with E-state index in [0.717, 1.165) is 43.0 Å². The standard InChI is InChI=1S/C15H22N2O2/c1-16(2)7-8-17(3)11-14(18)12-4-5-15-13(10-12)6-9-19-15/h4-5,10H,6-9,11H2,1-3H3. The Balaban J connectivity index is 1.92. The van der Waals surface area contributed by atoms with Crippen molar-refractivity contribution in [2.24, 2.45) is 0 Å². The molecule has 4 heteroatoms. The Bertz CT molecular complexity index is 457. The smallest absolute Gasteiger partial charge is 0.176 e. The first-order chi connectivity index (χ1) is 9.06. The minimum absolute atomic E-state index is 0.177. The summed E-state index contributed by atoms with van der Waals surface area (Å²) in [6, 6.07) is 5.76. The first-order valence-electron chi connectivity index (χ1n) is 6.68. The van der Waals surface area contributed by atoms with Gasteiger partial charge in [-0.05, 0) is 44.9 Å². The van der Waals surface area contributed by atoms with Crippen molar-refractivity contribution in [2.45, 2.75) is 6.42 Å². The second-order valence-electron chi connectivity index (χ2n) is 5.39. The summed E-state index contributed by atoms with van der Waals surface area (Å²) in [6.07, 6.45) is 0.910. The molecule has 1 aromatic carbocycles. The van der Waals surface area contributed by atoms with Crippen molar-refractivity contribution in [3.05, 3.63) is 29.3 Å². The summed E-state index contributed by atoms with van der Waals surface area (Å²) in [4.78, 5) is 16.4. The lowest BCUT2D eigenvalue weighted by molar-refractivity contribution is 0.0942. The van der Waals surface area contributed by atoms with Gasteiger partial charge in [-0.1, -0.05) is 0 Å². The molecule has 1 heterocycles. The molecular weight excluding hydrogens is 240 g/mol. The summed E-state index contributed by atoms with van der Waals surface area (Å²) in [7, 11) is 6.06. The molecule has 1 aliphatic heterocycles. The van der Waals surface area contributed by atoms with Crippen LogP contribution in [0.5, 0.6) is 5.75 Å². The zero-order chi connectivity index (χ0) is 13.8. The summed E-state index contributed by atoms with van der Waals surface area (Å²) in [5.74, 6) is 1.11. The fourth-order valence-corrected chi connectivity index (χ4v) is 2.15. The average Bonchev–Trinajstić information content (AvgIpc) is 2.83. The van der Waals surface area contributed by atoms with Gasteiger partial charge in [0.15, 0.2) is 5.78 Å². The predicted molar refractivity (Wildman–Crippen MR) is 76.0 cm³/mol. The minimum Gasteiger partial charge on any atom is -0.493 e. The van der Waals surface area contributed by atoms with Gasteiger partial charge in [0, 0.05) is 25.1 Å². The van der Waals surface area contributed by atoms with E-state index >= 15 is 0 Å². The number of ketones is 1. The topological polar surface area (TPSA) is 32.8 Å². The van der Waals surface area contributed by atoms with Crippen LogP contribution in [-0.2, 0) is 6.42 Å². The third-order valence-corrected chi connectivity index (χ3v) is 3.35. The third kappa shape index (κ3) is 3.78. The number of hydrogen-bond acceptors (Lipinski definition) is 4. The minimum atomic E-state index is 0.177. The number of nitrogens with zero attached hydrogens (tertiary/aromatic N) is 2. The molecule has 0 N–H and O–H groups in total. The van der Waals surface area contributed by atoms with Crippen LogP contribution in [0, 0.1) is 0 Å². The summed E-state index contributed by atoms with van der Waals surface area (Å²) in [5.41, 5.74) is 1.95. The Morgan fingerprint density at radius 1 is 1.26 bits per heavy atom. The second kappa shape index (κ2) is 6.17. The Morgan fingerprint density at radius 2 is 2.05 bits per heavy atom. The quantitative estimate of drug-likeness (QED) is 0.723. The van der Waals surface area contributed by atoms with Gasteiger partial charge in [-0.2, -0.15) is 0 Å². The maximum absolute atomic E-state index is 12.2. The molecule has 0 bridgehead atoms. The molecule has 4 nitrogen and oxygen atoms in total. The highest BCUT2D eigenvalue weighted by atomic mass is 16.5. The Hall–Kier alpha value is -1.39. The fourth-order valence-electron chi connectivity index (χ4n) is 2.15. The average molecular weight is 262 g/mol. The van der Waals surface area contributed by atoms with Gasteiger partial charge in [0.05, 0.1) is 13.2 Å². The van der Waals surface area contributed by atoms with Gasteiger partial charge in [0.1, 0.15) is 5.75 Å². The van der Waals surface area contributed by atoms with Crippen LogP contribution in [0.15, 0.2) is 18.2 Å². The van der Waals surface area contributed by atoms with Crippen molar-refractivity contribution in [2.75, 3.05) is 47.4 Å². The highest BCUT2D eigenvalue weighted by molar-refractivity contribution is 5.98. The maximum Gasteiger partial charge on any atom is 0.176 e. The zero-order valence-corrected chi connectivity index (χ0v) is 12.0. The normalized spacial score (nSPS) is 13.7. The van der Waals surface area contributed by atoms with Crippen LogP contribution in [0.25, 0.3) is 0 Å². The molecule has 1 aromatic rings. The van der Waals surface area contributed by atoms with Crippen molar-refractivity contribution in [3.8, 4) is 5.75 Å². The number of carbonyl (C=O) groups excluding carboxylic acids is 1. The molecule has 0 saturated heterocycles. The van der Waals surface area contributed by atoms with Gasteiger partial charge < -0.3 is 9.64 Å². The van der Waals surface area contributed by atoms with E-state index in [1.807, 2.05) is 39.3 Å². The fraction of sp³-hybridized carbons (Fsp3) is 0.533. The Labute approximate surface area is 115 Å². The first-order valence-corrected chi connectivity index (χ1v) is 6.68. The lowest BCUT2D eigenvalue weighted by Gasteiger charge is -2.18. The van der Waals surface area contributed by atoms with Gasteiger partial charge >= 0.3 is 0 Å². The second-order valence-corrected chi connectivity index (χ2v) is 5.39. The summed E-state index contributed by atoms with van der Waals surface area (Å²) in [5, 5.41) is 0. The van der Waals surface area contributed by atoms with Crippen LogP contribution in [-0.4, -0.2) is 63.0 Å². The lowest BCUT2D eigenvalue weighted by Crippen LogP contribution is -2.32. The van der Waals surface area contributed by atoms with E-state index in [1.54, 1.807) is 0 Å². The van der Waals surface area contributed by atoms with Crippen LogP contribution in [0.4, 0.5) is 0 Å². The van der Waals surface area contributed by atoms with Crippen LogP contribution >= 0.6 is 0 Å². The van der Waals surface area contributed by atoms with Crippen molar-refractivity contribution in [1.82, 2.24) is 9.80 Å². The number of fused-ring (bicyclic) bond motifs is 1. The molecule has 0 aromatic heterocycles. The maximum atomic E-state index is 12.2. The lowest BCUT2D eigenvalue weighted by atomic mass is 10.1. The van der Waals surface area contributed by atoms with E-state index < -0.39 is 0 Å². The molecule has 2 rings (SSSR count). The molecule has 104 valence electrons. The SMILES string of the molecule is CN(C)CCN(C)CC(=O)c1ccc2c(c1)CCO2. The molecule has 19 heavy (non-hydrogen) atoms. The molecule has 0 radical (unpaired) electrons. The van der Waals surface area contributed by atoms with Gasteiger partial charge in [-0.25, -0.2) is 0 Å². The van der Waals surface area contributed by atoms with Crippen molar-refractivity contribution >= 4 is 5.78 Å². The zero-order valence-electron chi connectivity index (χ0n) is 12.0. The van der Waals surface area contributed by atoms with Gasteiger partial charge in [-0.15, -0.1) is 0 Å². The number of benzene rings is 1. The van der Waals surface area contributed by atoms with E-state index in [2.05, 4.69) is 9.80 Å². The number of ether oxygens (including phenoxy) is 1. The van der Waals surface area contributed by atoms with Gasteiger partial charge in [0.25, 0.3) is 0 Å². The molecule has 0 saturated carbocycles. The summed E-state index contributed by atoms with van der Waals surface area (Å²) >= 11 is 0. The summed E-state index contributed by atoms with van der Waals surface area (Å²) in [6.45, 7) is 3.05. The van der Waals surface area contributed by atoms with Crippen LogP contribution < -0.4 is 4.74 Å². The number of likely N-dealkylation sites (N-methyl/N-ethyl adjacent to an activating group) is 2. The third-order valence-electron chi connectivity index (χ3n) is 3.35. The molecule has 0 amide bonds. The van der Waals surface area contributed by atoms with E-state index in [9.17, 15) is 4.79 Å². The van der Waals surface area contributed by atoms with Crippen LogP contribution in [0.1, 0.15) is 15.9 Å². The molecular formula is C15H22N2O2. The van der Waals surface area contributed by atoms with Crippen LogP contribution in [0.2, 0.25) is 0 Å². The largest absolute Gasteiger partial charge is 0.493 e. The number of Topliss-reactive ketones (excluding diaryl/α,β-unsaturated/α-hetero) is 1. The molecule has 0 unspecified atom stereocenters. The molecule has 1 aliphatic rings. The van der Waals surface area contributed by atoms with E-state index in [1.165, 1.54) is 0 Å². The highest BCUT2D eigenvalue weighted by Crippen LogP contribution is 2.25. The monoisotopic (exact) mass is 262 g/mol. The molecule has 0 atom stereocenters. The number of hydrogen-bond donors (Lipinski definition) is 0. The van der Waals surface area contributed by atoms with E-state index in [0.29, 0.717) is 6.54 Å². The van der Waals surface area contributed by atoms with Crippen molar-refractivity contribution in [1.29, 1.82) is 0 Å². The van der Waals surface area contributed by atoms with Gasteiger partial charge in [0.2, 0.25) is 0 Å².